The molecular weight excluding hydrogens is 342 g/mol. The van der Waals surface area contributed by atoms with Crippen LogP contribution in [-0.4, -0.2) is 22.0 Å². The average molecular weight is 360 g/mol. The van der Waals surface area contributed by atoms with Crippen LogP contribution in [0.2, 0.25) is 0 Å². The third kappa shape index (κ3) is 3.47. The number of hydrogen-bond acceptors (Lipinski definition) is 2. The minimum absolute atomic E-state index is 0.0409. The first kappa shape index (κ1) is 15.0. The van der Waals surface area contributed by atoms with Crippen molar-refractivity contribution in [2.24, 2.45) is 0 Å². The van der Waals surface area contributed by atoms with Crippen LogP contribution in [0, 0.1) is 0 Å². The van der Waals surface area contributed by atoms with Crippen molar-refractivity contribution < 1.29 is 4.79 Å². The molecule has 1 aromatic heterocycles. The third-order valence-corrected chi connectivity index (χ3v) is 4.28. The number of halogens is 1. The molecule has 2 aromatic rings. The molecule has 1 saturated carbocycles. The second kappa shape index (κ2) is 6.48. The number of nitrogens with zero attached hydrogens (tertiary/aromatic N) is 2. The highest BCUT2D eigenvalue weighted by Gasteiger charge is 2.36. The van der Waals surface area contributed by atoms with E-state index in [4.69, 9.17) is 0 Å². The van der Waals surface area contributed by atoms with E-state index >= 15 is 0 Å². The maximum atomic E-state index is 12.7. The van der Waals surface area contributed by atoms with Crippen molar-refractivity contribution >= 4 is 27.6 Å². The van der Waals surface area contributed by atoms with Crippen LogP contribution in [0.4, 0.5) is 10.5 Å². The summed E-state index contributed by atoms with van der Waals surface area (Å²) in [5.74, 6) is 0. The lowest BCUT2D eigenvalue weighted by Crippen LogP contribution is -2.39. The number of hydrogen-bond donors (Lipinski definition) is 1. The third-order valence-electron chi connectivity index (χ3n) is 3.78. The summed E-state index contributed by atoms with van der Waals surface area (Å²) in [6, 6.07) is 13.6. The van der Waals surface area contributed by atoms with Gasteiger partial charge < -0.3 is 10.2 Å². The van der Waals surface area contributed by atoms with E-state index < -0.39 is 0 Å². The molecule has 1 unspecified atom stereocenters. The van der Waals surface area contributed by atoms with Gasteiger partial charge in [-0.05, 0) is 50.1 Å². The van der Waals surface area contributed by atoms with Crippen molar-refractivity contribution in [2.75, 3.05) is 5.32 Å². The first-order valence-corrected chi connectivity index (χ1v) is 8.20. The topological polar surface area (TPSA) is 45.2 Å². The van der Waals surface area contributed by atoms with Crippen LogP contribution in [-0.2, 0) is 0 Å². The van der Waals surface area contributed by atoms with Gasteiger partial charge in [0.05, 0.1) is 11.7 Å². The molecule has 5 heteroatoms. The fraction of sp³-hybridized carbons (Fsp3) is 0.294. The van der Waals surface area contributed by atoms with E-state index in [1.54, 1.807) is 6.20 Å². The van der Waals surface area contributed by atoms with Crippen LogP contribution in [0.25, 0.3) is 0 Å². The summed E-state index contributed by atoms with van der Waals surface area (Å²) >= 11 is 3.42. The molecule has 1 heterocycles. The number of benzene rings is 1. The van der Waals surface area contributed by atoms with Crippen LogP contribution in [0.1, 0.15) is 31.5 Å². The van der Waals surface area contributed by atoms with Gasteiger partial charge in [-0.3, -0.25) is 4.98 Å². The number of carbonyl (C=O) groups excluding carboxylic acids is 1. The lowest BCUT2D eigenvalue weighted by molar-refractivity contribution is 0.187. The molecule has 1 aliphatic carbocycles. The lowest BCUT2D eigenvalue weighted by atomic mass is 10.2. The van der Waals surface area contributed by atoms with Crippen LogP contribution in [0.5, 0.6) is 0 Å². The SMILES string of the molecule is CC(c1ccccn1)N(C(=O)Nc1cccc(Br)c1)C1CC1. The molecule has 0 radical (unpaired) electrons. The van der Waals surface area contributed by atoms with E-state index in [2.05, 4.69) is 26.2 Å². The largest absolute Gasteiger partial charge is 0.322 e. The van der Waals surface area contributed by atoms with Gasteiger partial charge in [-0.2, -0.15) is 0 Å². The first-order chi connectivity index (χ1) is 10.6. The predicted octanol–water partition coefficient (Wildman–Crippen LogP) is 4.60. The van der Waals surface area contributed by atoms with Gasteiger partial charge in [0, 0.05) is 22.4 Å². The Morgan fingerprint density at radius 3 is 2.77 bits per heavy atom. The van der Waals surface area contributed by atoms with Crippen molar-refractivity contribution in [1.29, 1.82) is 0 Å². The highest BCUT2D eigenvalue weighted by molar-refractivity contribution is 9.10. The number of pyridine rings is 1. The van der Waals surface area contributed by atoms with Crippen LogP contribution in [0.15, 0.2) is 53.1 Å². The van der Waals surface area contributed by atoms with Crippen molar-refractivity contribution in [3.05, 3.63) is 58.8 Å². The Balaban J connectivity index is 1.77. The number of nitrogens with one attached hydrogen (secondary N) is 1. The smallest absolute Gasteiger partial charge is 0.313 e. The fourth-order valence-corrected chi connectivity index (χ4v) is 2.93. The molecule has 114 valence electrons. The molecule has 1 atom stereocenters. The van der Waals surface area contributed by atoms with Gasteiger partial charge in [0.2, 0.25) is 0 Å². The van der Waals surface area contributed by atoms with E-state index in [0.717, 1.165) is 28.7 Å². The molecule has 1 aliphatic rings. The molecule has 1 N–H and O–H groups in total. The predicted molar refractivity (Wildman–Crippen MR) is 90.7 cm³/mol. The van der Waals surface area contributed by atoms with Crippen molar-refractivity contribution in [3.63, 3.8) is 0 Å². The molecule has 3 rings (SSSR count). The standard InChI is InChI=1S/C17H18BrN3O/c1-12(16-7-2-3-10-19-16)21(15-8-9-15)17(22)20-14-6-4-5-13(18)11-14/h2-7,10-12,15H,8-9H2,1H3,(H,20,22). The van der Waals surface area contributed by atoms with Crippen molar-refractivity contribution in [3.8, 4) is 0 Å². The summed E-state index contributed by atoms with van der Waals surface area (Å²) in [5.41, 5.74) is 1.71. The summed E-state index contributed by atoms with van der Waals surface area (Å²) in [6.45, 7) is 2.03. The minimum atomic E-state index is -0.0706. The van der Waals surface area contributed by atoms with Crippen LogP contribution in [0.3, 0.4) is 0 Å². The summed E-state index contributed by atoms with van der Waals surface area (Å²) in [6.07, 6.45) is 3.88. The van der Waals surface area contributed by atoms with Gasteiger partial charge in [0.15, 0.2) is 0 Å². The molecule has 0 saturated heterocycles. The summed E-state index contributed by atoms with van der Waals surface area (Å²) in [5, 5.41) is 2.98. The first-order valence-electron chi connectivity index (χ1n) is 7.41. The maximum absolute atomic E-state index is 12.7. The number of urea groups is 1. The summed E-state index contributed by atoms with van der Waals surface area (Å²) in [7, 11) is 0. The second-order valence-corrected chi connectivity index (χ2v) is 6.43. The Bertz CT molecular complexity index is 658. The highest BCUT2D eigenvalue weighted by Crippen LogP contribution is 2.34. The van der Waals surface area contributed by atoms with Gasteiger partial charge in [-0.1, -0.05) is 28.1 Å². The van der Waals surface area contributed by atoms with E-state index in [1.807, 2.05) is 54.3 Å². The minimum Gasteiger partial charge on any atom is -0.313 e. The Kier molecular flexibility index (Phi) is 4.43. The molecule has 22 heavy (non-hydrogen) atoms. The normalized spacial score (nSPS) is 15.2. The second-order valence-electron chi connectivity index (χ2n) is 5.51. The van der Waals surface area contributed by atoms with Gasteiger partial charge >= 0.3 is 6.03 Å². The monoisotopic (exact) mass is 359 g/mol. The number of aromatic nitrogens is 1. The molecule has 1 fully saturated rings. The van der Waals surface area contributed by atoms with Gasteiger partial charge in [-0.15, -0.1) is 0 Å². The van der Waals surface area contributed by atoms with E-state index in [0.29, 0.717) is 6.04 Å². The lowest BCUT2D eigenvalue weighted by Gasteiger charge is -2.29. The number of anilines is 1. The Morgan fingerprint density at radius 1 is 1.32 bits per heavy atom. The van der Waals surface area contributed by atoms with E-state index in [-0.39, 0.29) is 12.1 Å². The number of carbonyl (C=O) groups is 1. The van der Waals surface area contributed by atoms with Gasteiger partial charge in [-0.25, -0.2) is 4.79 Å². The molecule has 0 bridgehead atoms. The Labute approximate surface area is 138 Å². The number of amides is 2. The molecule has 1 aromatic carbocycles. The van der Waals surface area contributed by atoms with Crippen molar-refractivity contribution in [2.45, 2.75) is 31.8 Å². The quantitative estimate of drug-likeness (QED) is 0.866. The molecular formula is C17H18BrN3O. The zero-order valence-corrected chi connectivity index (χ0v) is 14.0. The van der Waals surface area contributed by atoms with Crippen LogP contribution < -0.4 is 5.32 Å². The Morgan fingerprint density at radius 2 is 2.14 bits per heavy atom. The van der Waals surface area contributed by atoms with E-state index in [9.17, 15) is 4.79 Å². The number of rotatable bonds is 4. The van der Waals surface area contributed by atoms with Gasteiger partial charge in [0.1, 0.15) is 0 Å². The van der Waals surface area contributed by atoms with Gasteiger partial charge in [0.25, 0.3) is 0 Å². The molecule has 2 amide bonds. The highest BCUT2D eigenvalue weighted by atomic mass is 79.9. The van der Waals surface area contributed by atoms with E-state index in [1.165, 1.54) is 0 Å². The zero-order valence-electron chi connectivity index (χ0n) is 12.4. The Hall–Kier alpha value is -1.88. The fourth-order valence-electron chi connectivity index (χ4n) is 2.53. The zero-order chi connectivity index (χ0) is 15.5. The van der Waals surface area contributed by atoms with Crippen molar-refractivity contribution in [1.82, 2.24) is 9.88 Å². The molecule has 0 aliphatic heterocycles. The maximum Gasteiger partial charge on any atom is 0.322 e. The van der Waals surface area contributed by atoms with Crippen LogP contribution >= 0.6 is 15.9 Å². The summed E-state index contributed by atoms with van der Waals surface area (Å²) < 4.78 is 0.945. The summed E-state index contributed by atoms with van der Waals surface area (Å²) in [4.78, 5) is 19.0. The molecule has 4 nitrogen and oxygen atoms in total. The molecule has 0 spiro atoms. The average Bonchev–Trinajstić information content (AvgIpc) is 3.33.